The van der Waals surface area contributed by atoms with Gasteiger partial charge in [-0.05, 0) is 51.2 Å². The fraction of sp³-hybridized carbons (Fsp3) is 0.353. The van der Waals surface area contributed by atoms with Crippen LogP contribution < -0.4 is 20.3 Å². The summed E-state index contributed by atoms with van der Waals surface area (Å²) in [7, 11) is 7.66. The molecule has 0 unspecified atom stereocenters. The first-order valence-electron chi connectivity index (χ1n) is 15.4. The van der Waals surface area contributed by atoms with Gasteiger partial charge in [0.2, 0.25) is 11.9 Å². The number of amides is 1. The first-order chi connectivity index (χ1) is 22.3. The van der Waals surface area contributed by atoms with Crippen LogP contribution in [-0.4, -0.2) is 83.8 Å². The summed E-state index contributed by atoms with van der Waals surface area (Å²) in [5.74, 6) is 1.61. The van der Waals surface area contributed by atoms with Gasteiger partial charge in [-0.3, -0.25) is 4.79 Å². The quantitative estimate of drug-likeness (QED) is 0.114. The van der Waals surface area contributed by atoms with Crippen LogP contribution >= 0.6 is 0 Å². The van der Waals surface area contributed by atoms with E-state index in [-0.39, 0.29) is 12.5 Å². The number of hydrogen-bond donors (Lipinski definition) is 4. The monoisotopic (exact) mass is 626 g/mol. The van der Waals surface area contributed by atoms with Crippen molar-refractivity contribution in [2.45, 2.75) is 32.6 Å². The van der Waals surface area contributed by atoms with Crippen molar-refractivity contribution in [3.8, 4) is 28.4 Å². The number of aromatic nitrogens is 4. The van der Waals surface area contributed by atoms with Crippen molar-refractivity contribution in [1.29, 1.82) is 0 Å². The van der Waals surface area contributed by atoms with E-state index in [4.69, 9.17) is 19.1 Å². The minimum Gasteiger partial charge on any atom is -0.494 e. The van der Waals surface area contributed by atoms with Crippen LogP contribution in [-0.2, 0) is 11.2 Å². The maximum Gasteiger partial charge on any atom is 0.227 e. The van der Waals surface area contributed by atoms with Gasteiger partial charge in [-0.25, -0.2) is 15.0 Å². The molecular weight excluding hydrogens is 584 g/mol. The highest BCUT2D eigenvalue weighted by molar-refractivity contribution is 5.96. The van der Waals surface area contributed by atoms with Gasteiger partial charge in [-0.15, -0.1) is 0 Å². The summed E-state index contributed by atoms with van der Waals surface area (Å²) in [6.45, 7) is 3.64. The molecule has 0 aliphatic carbocycles. The Morgan fingerprint density at radius 3 is 2.67 bits per heavy atom. The maximum absolute atomic E-state index is 12.7. The Kier molecular flexibility index (Phi) is 10.5. The van der Waals surface area contributed by atoms with E-state index in [0.717, 1.165) is 58.9 Å². The summed E-state index contributed by atoms with van der Waals surface area (Å²) in [6, 6.07) is 13.5. The number of nitrogens with one attached hydrogen (secondary N) is 3. The number of hydrogen-bond acceptors (Lipinski definition) is 10. The predicted molar refractivity (Wildman–Crippen MR) is 182 cm³/mol. The number of methoxy groups -OCH3 is 1. The van der Waals surface area contributed by atoms with Gasteiger partial charge in [0.05, 0.1) is 47.5 Å². The Hall–Kier alpha value is -4.94. The third-order valence-corrected chi connectivity index (χ3v) is 7.58. The second kappa shape index (κ2) is 14.9. The van der Waals surface area contributed by atoms with Crippen LogP contribution in [0.2, 0.25) is 0 Å². The fourth-order valence-corrected chi connectivity index (χ4v) is 5.12. The fourth-order valence-electron chi connectivity index (χ4n) is 5.12. The number of likely N-dealkylation sites (N-methyl/N-ethyl adjacent to an activating group) is 2. The number of aromatic amines is 1. The topological polar surface area (TPSA) is 145 Å². The molecule has 5 aromatic rings. The zero-order chi connectivity index (χ0) is 32.6. The zero-order valence-electron chi connectivity index (χ0n) is 27.1. The van der Waals surface area contributed by atoms with E-state index in [9.17, 15) is 9.90 Å². The van der Waals surface area contributed by atoms with E-state index in [1.54, 1.807) is 19.6 Å². The summed E-state index contributed by atoms with van der Waals surface area (Å²) in [5.41, 5.74) is 5.82. The average molecular weight is 627 g/mol. The van der Waals surface area contributed by atoms with Crippen LogP contribution in [0.15, 0.2) is 59.3 Å². The molecule has 1 amide bonds. The molecule has 0 spiro atoms. The van der Waals surface area contributed by atoms with Crippen LogP contribution in [0.4, 0.5) is 23.0 Å². The van der Waals surface area contributed by atoms with Gasteiger partial charge in [0.15, 0.2) is 0 Å². The molecule has 3 aromatic heterocycles. The predicted octanol–water partition coefficient (Wildman–Crippen LogP) is 5.69. The molecule has 0 atom stereocenters. The van der Waals surface area contributed by atoms with Crippen LogP contribution in [0.3, 0.4) is 0 Å². The van der Waals surface area contributed by atoms with E-state index in [1.807, 2.05) is 70.5 Å². The van der Waals surface area contributed by atoms with Crippen molar-refractivity contribution in [2.75, 3.05) is 63.5 Å². The standard InChI is InChI=1S/C34H42N8O4/c1-6-8-31(44)36-25-20-26(29(45-5)21-27(25)42(4)16-15-41(2)3)38-34-35-14-12-24(37-34)33-32(39-30(40-33)9-7-17-43)23-11-10-22-13-18-46-28(22)19-23/h10-14,18-21,43H,6-9,15-17H2,1-5H3,(H,36,44)(H,39,40)(H,35,37,38). The third kappa shape index (κ3) is 7.64. The molecule has 0 aliphatic heterocycles. The van der Waals surface area contributed by atoms with Crippen LogP contribution in [0.5, 0.6) is 5.75 Å². The maximum atomic E-state index is 12.7. The second-order valence-corrected chi connectivity index (χ2v) is 11.4. The molecule has 46 heavy (non-hydrogen) atoms. The molecule has 0 bridgehead atoms. The Morgan fingerprint density at radius 1 is 1.07 bits per heavy atom. The summed E-state index contributed by atoms with van der Waals surface area (Å²) in [5, 5.41) is 16.8. The molecular formula is C34H42N8O4. The smallest absolute Gasteiger partial charge is 0.227 e. The Bertz CT molecular complexity index is 1780. The van der Waals surface area contributed by atoms with Gasteiger partial charge in [0.25, 0.3) is 0 Å². The first-order valence-corrected chi connectivity index (χ1v) is 15.4. The third-order valence-electron chi connectivity index (χ3n) is 7.58. The van der Waals surface area contributed by atoms with Gasteiger partial charge in [-0.2, -0.15) is 0 Å². The summed E-state index contributed by atoms with van der Waals surface area (Å²) in [4.78, 5) is 34.5. The van der Waals surface area contributed by atoms with Crippen molar-refractivity contribution < 1.29 is 19.1 Å². The molecule has 0 saturated carbocycles. The van der Waals surface area contributed by atoms with Crippen LogP contribution in [0.25, 0.3) is 33.6 Å². The number of ether oxygens (including phenoxy) is 1. The molecule has 242 valence electrons. The highest BCUT2D eigenvalue weighted by atomic mass is 16.5. The SMILES string of the molecule is CCCC(=O)Nc1cc(Nc2nccc(-c3[nH]c(CCCO)nc3-c3ccc4ccoc4c3)n2)c(OC)cc1N(C)CCN(C)C. The van der Waals surface area contributed by atoms with Gasteiger partial charge < -0.3 is 39.7 Å². The molecule has 12 heteroatoms. The molecule has 12 nitrogen and oxygen atoms in total. The van der Waals surface area contributed by atoms with Crippen molar-refractivity contribution in [2.24, 2.45) is 0 Å². The molecule has 0 fully saturated rings. The number of carbonyl (C=O) groups excluding carboxylic acids is 1. The molecule has 5 rings (SSSR count). The number of carbonyl (C=O) groups is 1. The number of nitrogens with zero attached hydrogens (tertiary/aromatic N) is 5. The summed E-state index contributed by atoms with van der Waals surface area (Å²) < 4.78 is 11.4. The molecule has 2 aromatic carbocycles. The van der Waals surface area contributed by atoms with E-state index in [0.29, 0.717) is 48.0 Å². The number of fused-ring (bicyclic) bond motifs is 1. The lowest BCUT2D eigenvalue weighted by Gasteiger charge is -2.26. The highest BCUT2D eigenvalue weighted by Gasteiger charge is 2.19. The largest absolute Gasteiger partial charge is 0.494 e. The second-order valence-electron chi connectivity index (χ2n) is 11.4. The molecule has 0 saturated heterocycles. The van der Waals surface area contributed by atoms with Crippen molar-refractivity contribution in [1.82, 2.24) is 24.8 Å². The van der Waals surface area contributed by atoms with E-state index >= 15 is 0 Å². The van der Waals surface area contributed by atoms with Gasteiger partial charge >= 0.3 is 0 Å². The number of imidazole rings is 1. The molecule has 3 heterocycles. The zero-order valence-corrected chi connectivity index (χ0v) is 27.1. The Balaban J connectivity index is 1.51. The minimum atomic E-state index is -0.0596. The number of aliphatic hydroxyl groups is 1. The first kappa shape index (κ1) is 32.5. The number of anilines is 4. The van der Waals surface area contributed by atoms with Crippen molar-refractivity contribution in [3.63, 3.8) is 0 Å². The van der Waals surface area contributed by atoms with E-state index in [1.165, 1.54) is 0 Å². The molecule has 0 aliphatic rings. The average Bonchev–Trinajstić information content (AvgIpc) is 3.70. The lowest BCUT2D eigenvalue weighted by molar-refractivity contribution is -0.116. The lowest BCUT2D eigenvalue weighted by Crippen LogP contribution is -2.29. The lowest BCUT2D eigenvalue weighted by atomic mass is 10.1. The van der Waals surface area contributed by atoms with Crippen LogP contribution in [0, 0.1) is 0 Å². The van der Waals surface area contributed by atoms with Crippen molar-refractivity contribution in [3.05, 3.63) is 60.7 Å². The number of aryl methyl sites for hydroxylation is 1. The van der Waals surface area contributed by atoms with E-state index in [2.05, 4.69) is 30.4 Å². The summed E-state index contributed by atoms with van der Waals surface area (Å²) >= 11 is 0. The number of furan rings is 1. The minimum absolute atomic E-state index is 0.0596. The summed E-state index contributed by atoms with van der Waals surface area (Å²) in [6.07, 6.45) is 5.67. The number of rotatable bonds is 15. The van der Waals surface area contributed by atoms with Gasteiger partial charge in [-0.1, -0.05) is 19.1 Å². The van der Waals surface area contributed by atoms with Crippen molar-refractivity contribution >= 4 is 39.9 Å². The number of benzene rings is 2. The normalized spacial score (nSPS) is 11.3. The number of aliphatic hydroxyl groups excluding tert-OH is 1. The Labute approximate surface area is 268 Å². The molecule has 0 radical (unpaired) electrons. The highest BCUT2D eigenvalue weighted by Crippen LogP contribution is 2.38. The number of H-pyrrole nitrogens is 1. The van der Waals surface area contributed by atoms with Crippen LogP contribution in [0.1, 0.15) is 32.0 Å². The van der Waals surface area contributed by atoms with E-state index < -0.39 is 0 Å². The van der Waals surface area contributed by atoms with Gasteiger partial charge in [0, 0.05) is 62.8 Å². The molecule has 4 N–H and O–H groups in total. The van der Waals surface area contributed by atoms with Gasteiger partial charge in [0.1, 0.15) is 17.2 Å². The Morgan fingerprint density at radius 2 is 1.91 bits per heavy atom.